The Morgan fingerprint density at radius 1 is 1.35 bits per heavy atom. The number of anilines is 2. The molecule has 0 fully saturated rings. The Morgan fingerprint density at radius 2 is 2.00 bits per heavy atom. The number of carbonyl (C=O) groups excluding carboxylic acids is 1. The van der Waals surface area contributed by atoms with Crippen molar-refractivity contribution < 1.29 is 4.79 Å². The minimum Gasteiger partial charge on any atom is -0.371 e. The molecule has 4 nitrogen and oxygen atoms in total. The molecule has 17 heavy (non-hydrogen) atoms. The third kappa shape index (κ3) is 3.73. The Labute approximate surface area is 103 Å². The van der Waals surface area contributed by atoms with E-state index in [9.17, 15) is 4.79 Å². The van der Waals surface area contributed by atoms with Crippen LogP contribution in [0.5, 0.6) is 0 Å². The molecule has 1 aromatic heterocycles. The summed E-state index contributed by atoms with van der Waals surface area (Å²) in [6, 6.07) is 3.82. The van der Waals surface area contributed by atoms with Gasteiger partial charge in [-0.3, -0.25) is 4.79 Å². The monoisotopic (exact) mass is 235 g/mol. The molecule has 0 aliphatic carbocycles. The molecule has 0 saturated carbocycles. The lowest BCUT2D eigenvalue weighted by Gasteiger charge is -2.20. The quantitative estimate of drug-likeness (QED) is 0.853. The maximum absolute atomic E-state index is 11.5. The first-order valence-electron chi connectivity index (χ1n) is 6.10. The van der Waals surface area contributed by atoms with Gasteiger partial charge in [-0.15, -0.1) is 0 Å². The van der Waals surface area contributed by atoms with Crippen molar-refractivity contribution in [1.29, 1.82) is 0 Å². The molecular weight excluding hydrogens is 214 g/mol. The Kier molecular flexibility index (Phi) is 4.94. The van der Waals surface area contributed by atoms with Gasteiger partial charge in [0, 0.05) is 19.0 Å². The highest BCUT2D eigenvalue weighted by Gasteiger charge is 2.08. The minimum atomic E-state index is -0.0285. The van der Waals surface area contributed by atoms with Gasteiger partial charge in [0.15, 0.2) is 0 Å². The van der Waals surface area contributed by atoms with Crippen LogP contribution in [0.3, 0.4) is 0 Å². The molecule has 0 atom stereocenters. The van der Waals surface area contributed by atoms with E-state index < -0.39 is 0 Å². The number of aromatic nitrogens is 1. The summed E-state index contributed by atoms with van der Waals surface area (Å²) in [7, 11) is 0. The first-order valence-corrected chi connectivity index (χ1v) is 6.10. The summed E-state index contributed by atoms with van der Waals surface area (Å²) in [4.78, 5) is 17.9. The molecule has 0 saturated heterocycles. The van der Waals surface area contributed by atoms with Crippen LogP contribution in [0.25, 0.3) is 0 Å². The predicted molar refractivity (Wildman–Crippen MR) is 71.3 cm³/mol. The lowest BCUT2D eigenvalue weighted by Crippen LogP contribution is -2.22. The molecular formula is C13H21N3O. The highest BCUT2D eigenvalue weighted by atomic mass is 16.1. The minimum absolute atomic E-state index is 0.00640. The van der Waals surface area contributed by atoms with Crippen molar-refractivity contribution in [3.8, 4) is 0 Å². The number of rotatable bonds is 5. The van der Waals surface area contributed by atoms with Gasteiger partial charge in [-0.05, 0) is 26.0 Å². The SMILES string of the molecule is CCN(CC)c1ccc(NC(=O)C(C)C)nc1. The van der Waals surface area contributed by atoms with Crippen LogP contribution < -0.4 is 10.2 Å². The lowest BCUT2D eigenvalue weighted by atomic mass is 10.2. The molecule has 0 aromatic carbocycles. The van der Waals surface area contributed by atoms with Crippen molar-refractivity contribution in [3.63, 3.8) is 0 Å². The van der Waals surface area contributed by atoms with E-state index >= 15 is 0 Å². The second-order valence-corrected chi connectivity index (χ2v) is 4.22. The molecule has 1 N–H and O–H groups in total. The van der Waals surface area contributed by atoms with Crippen LogP contribution in [0.4, 0.5) is 11.5 Å². The van der Waals surface area contributed by atoms with Crippen molar-refractivity contribution in [2.75, 3.05) is 23.3 Å². The van der Waals surface area contributed by atoms with Gasteiger partial charge in [0.1, 0.15) is 5.82 Å². The van der Waals surface area contributed by atoms with Crippen molar-refractivity contribution >= 4 is 17.4 Å². The van der Waals surface area contributed by atoms with Crippen molar-refractivity contribution in [2.24, 2.45) is 5.92 Å². The summed E-state index contributed by atoms with van der Waals surface area (Å²) in [5.74, 6) is 0.576. The molecule has 0 bridgehead atoms. The van der Waals surface area contributed by atoms with E-state index in [0.717, 1.165) is 18.8 Å². The molecule has 94 valence electrons. The summed E-state index contributed by atoms with van der Waals surface area (Å²) in [6.45, 7) is 9.85. The van der Waals surface area contributed by atoms with Crippen LogP contribution >= 0.6 is 0 Å². The van der Waals surface area contributed by atoms with Gasteiger partial charge in [0.25, 0.3) is 0 Å². The highest BCUT2D eigenvalue weighted by Crippen LogP contribution is 2.15. The molecule has 1 aromatic rings. The smallest absolute Gasteiger partial charge is 0.228 e. The number of hydrogen-bond acceptors (Lipinski definition) is 3. The van der Waals surface area contributed by atoms with Crippen LogP contribution in [0.1, 0.15) is 27.7 Å². The molecule has 0 aliphatic rings. The zero-order valence-electron chi connectivity index (χ0n) is 11.0. The first-order chi connectivity index (χ1) is 8.08. The number of nitrogens with zero attached hydrogens (tertiary/aromatic N) is 2. The normalized spacial score (nSPS) is 10.4. The Morgan fingerprint density at radius 3 is 2.41 bits per heavy atom. The van der Waals surface area contributed by atoms with E-state index in [0.29, 0.717) is 5.82 Å². The molecule has 1 heterocycles. The van der Waals surface area contributed by atoms with E-state index in [1.54, 1.807) is 6.20 Å². The van der Waals surface area contributed by atoms with Gasteiger partial charge in [-0.25, -0.2) is 4.98 Å². The fourth-order valence-corrected chi connectivity index (χ4v) is 1.51. The standard InChI is InChI=1S/C13H21N3O/c1-5-16(6-2)11-7-8-12(14-9-11)15-13(17)10(3)4/h7-10H,5-6H2,1-4H3,(H,14,15,17). The summed E-state index contributed by atoms with van der Waals surface area (Å²) in [5.41, 5.74) is 1.08. The molecule has 0 spiro atoms. The van der Waals surface area contributed by atoms with E-state index in [1.165, 1.54) is 0 Å². The maximum Gasteiger partial charge on any atom is 0.228 e. The fourth-order valence-electron chi connectivity index (χ4n) is 1.51. The van der Waals surface area contributed by atoms with Crippen LogP contribution in [-0.2, 0) is 4.79 Å². The van der Waals surface area contributed by atoms with Gasteiger partial charge in [0.2, 0.25) is 5.91 Å². The van der Waals surface area contributed by atoms with Gasteiger partial charge >= 0.3 is 0 Å². The Hall–Kier alpha value is -1.58. The second kappa shape index (κ2) is 6.23. The number of hydrogen-bond donors (Lipinski definition) is 1. The summed E-state index contributed by atoms with van der Waals surface area (Å²) < 4.78 is 0. The summed E-state index contributed by atoms with van der Waals surface area (Å²) in [6.07, 6.45) is 1.79. The van der Waals surface area contributed by atoms with Crippen molar-refractivity contribution in [3.05, 3.63) is 18.3 Å². The Balaban J connectivity index is 2.71. The van der Waals surface area contributed by atoms with E-state index in [2.05, 4.69) is 29.0 Å². The van der Waals surface area contributed by atoms with Crippen LogP contribution in [0.15, 0.2) is 18.3 Å². The highest BCUT2D eigenvalue weighted by molar-refractivity contribution is 5.91. The molecule has 0 unspecified atom stereocenters. The predicted octanol–water partition coefficient (Wildman–Crippen LogP) is 2.52. The maximum atomic E-state index is 11.5. The van der Waals surface area contributed by atoms with Gasteiger partial charge in [0.05, 0.1) is 11.9 Å². The third-order valence-electron chi connectivity index (χ3n) is 2.65. The van der Waals surface area contributed by atoms with Crippen molar-refractivity contribution in [2.45, 2.75) is 27.7 Å². The lowest BCUT2D eigenvalue weighted by molar-refractivity contribution is -0.118. The summed E-state index contributed by atoms with van der Waals surface area (Å²) >= 11 is 0. The van der Waals surface area contributed by atoms with Gasteiger partial charge < -0.3 is 10.2 Å². The number of amides is 1. The molecule has 0 aliphatic heterocycles. The average Bonchev–Trinajstić information content (AvgIpc) is 2.32. The van der Waals surface area contributed by atoms with Crippen molar-refractivity contribution in [1.82, 2.24) is 4.98 Å². The number of pyridine rings is 1. The van der Waals surface area contributed by atoms with Crippen LogP contribution in [0, 0.1) is 5.92 Å². The van der Waals surface area contributed by atoms with E-state index in [4.69, 9.17) is 0 Å². The van der Waals surface area contributed by atoms with Gasteiger partial charge in [-0.1, -0.05) is 13.8 Å². The third-order valence-corrected chi connectivity index (χ3v) is 2.65. The number of carbonyl (C=O) groups is 1. The summed E-state index contributed by atoms with van der Waals surface area (Å²) in [5, 5.41) is 2.77. The first kappa shape index (κ1) is 13.5. The largest absolute Gasteiger partial charge is 0.371 e. The van der Waals surface area contributed by atoms with E-state index in [1.807, 2.05) is 26.0 Å². The van der Waals surface area contributed by atoms with Crippen LogP contribution in [-0.4, -0.2) is 24.0 Å². The number of nitrogens with one attached hydrogen (secondary N) is 1. The Bertz CT molecular complexity index is 355. The molecule has 1 rings (SSSR count). The molecule has 4 heteroatoms. The van der Waals surface area contributed by atoms with E-state index in [-0.39, 0.29) is 11.8 Å². The molecule has 0 radical (unpaired) electrons. The fraction of sp³-hybridized carbons (Fsp3) is 0.538. The topological polar surface area (TPSA) is 45.2 Å². The van der Waals surface area contributed by atoms with Gasteiger partial charge in [-0.2, -0.15) is 0 Å². The second-order valence-electron chi connectivity index (χ2n) is 4.22. The zero-order valence-corrected chi connectivity index (χ0v) is 11.0. The zero-order chi connectivity index (χ0) is 12.8. The average molecular weight is 235 g/mol. The van der Waals surface area contributed by atoms with Crippen LogP contribution in [0.2, 0.25) is 0 Å². The molecule has 1 amide bonds.